The number of hydrogen-bond donors (Lipinski definition) is 1. The van der Waals surface area contributed by atoms with E-state index in [2.05, 4.69) is 10.2 Å². The van der Waals surface area contributed by atoms with Crippen molar-refractivity contribution in [2.45, 2.75) is 26.8 Å². The first-order chi connectivity index (χ1) is 15.4. The lowest BCUT2D eigenvalue weighted by molar-refractivity contribution is -0.127. The van der Waals surface area contributed by atoms with E-state index in [4.69, 9.17) is 4.74 Å². The zero-order valence-electron chi connectivity index (χ0n) is 18.8. The lowest BCUT2D eigenvalue weighted by atomic mass is 10.0. The van der Waals surface area contributed by atoms with Crippen LogP contribution >= 0.6 is 0 Å². The number of nitriles is 1. The first-order valence-electron chi connectivity index (χ1n) is 10.8. The molecule has 1 saturated heterocycles. The standard InChI is InChI=1S/C25H29FN4O2/c1-4-32-24-10-5-18(2)15-23(24)19(3)28-17-20(16-27)25(31)30-13-11-29(12-14-30)22-8-6-21(26)7-9-22/h5-10,15,17,19,28H,4,11-14H2,1-3H3/b20-17-. The zero-order chi connectivity index (χ0) is 23.1. The minimum absolute atomic E-state index is 0.0673. The van der Waals surface area contributed by atoms with Crippen LogP contribution < -0.4 is 15.0 Å². The third-order valence-electron chi connectivity index (χ3n) is 5.52. The molecule has 1 fully saturated rings. The molecule has 168 valence electrons. The van der Waals surface area contributed by atoms with Crippen LogP contribution in [-0.2, 0) is 4.79 Å². The van der Waals surface area contributed by atoms with Crippen LogP contribution in [-0.4, -0.2) is 43.6 Å². The van der Waals surface area contributed by atoms with Gasteiger partial charge >= 0.3 is 0 Å². The Bertz CT molecular complexity index is 1010. The maximum absolute atomic E-state index is 13.1. The van der Waals surface area contributed by atoms with Crippen molar-refractivity contribution in [1.29, 1.82) is 5.26 Å². The summed E-state index contributed by atoms with van der Waals surface area (Å²) in [5.41, 5.74) is 3.07. The topological polar surface area (TPSA) is 68.6 Å². The maximum atomic E-state index is 13.1. The van der Waals surface area contributed by atoms with Crippen LogP contribution in [0.5, 0.6) is 5.75 Å². The van der Waals surface area contributed by atoms with Gasteiger partial charge in [0.2, 0.25) is 0 Å². The summed E-state index contributed by atoms with van der Waals surface area (Å²) in [6, 6.07) is 14.2. The molecule has 0 radical (unpaired) electrons. The monoisotopic (exact) mass is 436 g/mol. The molecule has 1 heterocycles. The van der Waals surface area contributed by atoms with E-state index in [0.717, 1.165) is 22.6 Å². The number of rotatable bonds is 7. The van der Waals surface area contributed by atoms with Gasteiger partial charge in [0.25, 0.3) is 5.91 Å². The van der Waals surface area contributed by atoms with E-state index in [0.29, 0.717) is 32.8 Å². The van der Waals surface area contributed by atoms with Crippen molar-refractivity contribution < 1.29 is 13.9 Å². The minimum atomic E-state index is -0.291. The molecule has 0 saturated carbocycles. The molecule has 1 amide bonds. The summed E-state index contributed by atoms with van der Waals surface area (Å²) in [6.45, 7) is 8.72. The number of nitrogens with one attached hydrogen (secondary N) is 1. The lowest BCUT2D eigenvalue weighted by Crippen LogP contribution is -2.49. The average molecular weight is 437 g/mol. The minimum Gasteiger partial charge on any atom is -0.494 e. The molecular weight excluding hydrogens is 407 g/mol. The summed E-state index contributed by atoms with van der Waals surface area (Å²) in [7, 11) is 0. The van der Waals surface area contributed by atoms with Gasteiger partial charge in [-0.3, -0.25) is 4.79 Å². The molecule has 0 bridgehead atoms. The predicted octanol–water partition coefficient (Wildman–Crippen LogP) is 3.94. The number of aryl methyl sites for hydroxylation is 1. The number of carbonyl (C=O) groups is 1. The molecule has 0 spiro atoms. The second-order valence-electron chi connectivity index (χ2n) is 7.79. The molecule has 1 aliphatic rings. The summed E-state index contributed by atoms with van der Waals surface area (Å²) in [5.74, 6) is 0.223. The smallest absolute Gasteiger partial charge is 0.266 e. The Hall–Kier alpha value is -3.53. The maximum Gasteiger partial charge on any atom is 0.266 e. The Balaban J connectivity index is 1.63. The third-order valence-corrected chi connectivity index (χ3v) is 5.52. The van der Waals surface area contributed by atoms with E-state index in [1.807, 2.05) is 45.0 Å². The van der Waals surface area contributed by atoms with E-state index < -0.39 is 0 Å². The van der Waals surface area contributed by atoms with Crippen molar-refractivity contribution in [3.8, 4) is 11.8 Å². The van der Waals surface area contributed by atoms with E-state index >= 15 is 0 Å². The Morgan fingerprint density at radius 3 is 2.53 bits per heavy atom. The number of anilines is 1. The molecule has 1 unspecified atom stereocenters. The van der Waals surface area contributed by atoms with Crippen molar-refractivity contribution in [2.24, 2.45) is 0 Å². The molecule has 2 aromatic carbocycles. The van der Waals surface area contributed by atoms with Gasteiger partial charge in [-0.15, -0.1) is 0 Å². The summed E-state index contributed by atoms with van der Waals surface area (Å²) in [4.78, 5) is 16.7. The normalized spacial score (nSPS) is 15.2. The fourth-order valence-electron chi connectivity index (χ4n) is 3.72. The van der Waals surface area contributed by atoms with Crippen molar-refractivity contribution >= 4 is 11.6 Å². The van der Waals surface area contributed by atoms with Crippen molar-refractivity contribution in [1.82, 2.24) is 10.2 Å². The van der Waals surface area contributed by atoms with E-state index in [9.17, 15) is 14.4 Å². The Labute approximate surface area is 188 Å². The van der Waals surface area contributed by atoms with Crippen LogP contribution in [0, 0.1) is 24.1 Å². The second kappa shape index (κ2) is 10.7. The number of hydrogen-bond acceptors (Lipinski definition) is 5. The van der Waals surface area contributed by atoms with Crippen LogP contribution in [0.3, 0.4) is 0 Å². The fourth-order valence-corrected chi connectivity index (χ4v) is 3.72. The number of benzene rings is 2. The lowest BCUT2D eigenvalue weighted by Gasteiger charge is -2.36. The second-order valence-corrected chi connectivity index (χ2v) is 7.79. The zero-order valence-corrected chi connectivity index (χ0v) is 18.8. The van der Waals surface area contributed by atoms with Crippen LogP contribution in [0.4, 0.5) is 10.1 Å². The Morgan fingerprint density at radius 1 is 1.22 bits per heavy atom. The number of halogens is 1. The van der Waals surface area contributed by atoms with Gasteiger partial charge in [-0.25, -0.2) is 4.39 Å². The van der Waals surface area contributed by atoms with Crippen molar-refractivity contribution in [3.63, 3.8) is 0 Å². The van der Waals surface area contributed by atoms with Gasteiger partial charge < -0.3 is 19.9 Å². The highest BCUT2D eigenvalue weighted by Gasteiger charge is 2.24. The molecule has 6 nitrogen and oxygen atoms in total. The third kappa shape index (κ3) is 5.58. The SMILES string of the molecule is CCOc1ccc(C)cc1C(C)N/C=C(/C#N)C(=O)N1CCN(c2ccc(F)cc2)CC1. The molecule has 0 aliphatic carbocycles. The highest BCUT2D eigenvalue weighted by molar-refractivity contribution is 5.97. The summed E-state index contributed by atoms with van der Waals surface area (Å²) in [5, 5.41) is 12.8. The molecule has 1 atom stereocenters. The van der Waals surface area contributed by atoms with Gasteiger partial charge in [-0.05, 0) is 51.1 Å². The highest BCUT2D eigenvalue weighted by atomic mass is 19.1. The Morgan fingerprint density at radius 2 is 1.91 bits per heavy atom. The fraction of sp³-hybridized carbons (Fsp3) is 0.360. The summed E-state index contributed by atoms with van der Waals surface area (Å²) in [6.07, 6.45) is 1.50. The Kier molecular flexibility index (Phi) is 7.72. The first kappa shape index (κ1) is 23.1. The van der Waals surface area contributed by atoms with Crippen LogP contribution in [0.15, 0.2) is 54.2 Å². The number of piperazine rings is 1. The van der Waals surface area contributed by atoms with Crippen molar-refractivity contribution in [2.75, 3.05) is 37.7 Å². The van der Waals surface area contributed by atoms with E-state index in [-0.39, 0.29) is 23.3 Å². The molecule has 7 heteroatoms. The van der Waals surface area contributed by atoms with Gasteiger partial charge in [-0.2, -0.15) is 5.26 Å². The molecule has 32 heavy (non-hydrogen) atoms. The van der Waals surface area contributed by atoms with Crippen LogP contribution in [0.25, 0.3) is 0 Å². The highest BCUT2D eigenvalue weighted by Crippen LogP contribution is 2.26. The van der Waals surface area contributed by atoms with Gasteiger partial charge in [0.1, 0.15) is 23.2 Å². The van der Waals surface area contributed by atoms with E-state index in [1.165, 1.54) is 18.3 Å². The number of amides is 1. The number of ether oxygens (including phenoxy) is 1. The van der Waals surface area contributed by atoms with Gasteiger partial charge in [0, 0.05) is 43.6 Å². The average Bonchev–Trinajstić information content (AvgIpc) is 2.81. The van der Waals surface area contributed by atoms with Crippen molar-refractivity contribution in [3.05, 3.63) is 71.2 Å². The predicted molar refractivity (Wildman–Crippen MR) is 123 cm³/mol. The van der Waals surface area contributed by atoms with Gasteiger partial charge in [0.15, 0.2) is 0 Å². The largest absolute Gasteiger partial charge is 0.494 e. The molecule has 3 rings (SSSR count). The molecule has 1 N–H and O–H groups in total. The number of carbonyl (C=O) groups excluding carboxylic acids is 1. The summed E-state index contributed by atoms with van der Waals surface area (Å²) < 4.78 is 18.9. The quantitative estimate of drug-likeness (QED) is 0.526. The first-order valence-corrected chi connectivity index (χ1v) is 10.8. The van der Waals surface area contributed by atoms with Crippen LogP contribution in [0.1, 0.15) is 31.0 Å². The van der Waals surface area contributed by atoms with Crippen LogP contribution in [0.2, 0.25) is 0 Å². The molecule has 0 aromatic heterocycles. The molecule has 2 aromatic rings. The molecule has 1 aliphatic heterocycles. The summed E-state index contributed by atoms with van der Waals surface area (Å²) >= 11 is 0. The van der Waals surface area contributed by atoms with E-state index in [1.54, 1.807) is 17.0 Å². The number of nitrogens with zero attached hydrogens (tertiary/aromatic N) is 3. The van der Waals surface area contributed by atoms with Gasteiger partial charge in [0.05, 0.1) is 12.6 Å². The van der Waals surface area contributed by atoms with Gasteiger partial charge in [-0.1, -0.05) is 17.7 Å². The molecular formula is C25H29FN4O2.